The second-order valence-corrected chi connectivity index (χ2v) is 5.59. The number of carbonyl (C=O) groups excluding carboxylic acids is 1. The van der Waals surface area contributed by atoms with E-state index in [0.29, 0.717) is 18.4 Å². The molecule has 3 nitrogen and oxygen atoms in total. The van der Waals surface area contributed by atoms with Gasteiger partial charge in [0.1, 0.15) is 0 Å². The predicted octanol–water partition coefficient (Wildman–Crippen LogP) is 2.91. The Morgan fingerprint density at radius 3 is 2.70 bits per heavy atom. The number of nitrogens with zero attached hydrogens (tertiary/aromatic N) is 2. The Labute approximate surface area is 122 Å². The van der Waals surface area contributed by atoms with Crippen molar-refractivity contribution in [2.45, 2.75) is 45.7 Å². The number of likely N-dealkylation sites (tertiary alicyclic amines) is 1. The summed E-state index contributed by atoms with van der Waals surface area (Å²) in [5.74, 6) is 0.321. The third-order valence-corrected chi connectivity index (χ3v) is 4.06. The van der Waals surface area contributed by atoms with Crippen molar-refractivity contribution < 1.29 is 4.79 Å². The van der Waals surface area contributed by atoms with Gasteiger partial charge in [-0.15, -0.1) is 0 Å². The molecule has 2 rings (SSSR count). The minimum atomic E-state index is 0.321. The molecule has 1 saturated heterocycles. The molecule has 0 aromatic heterocycles. The van der Waals surface area contributed by atoms with E-state index in [9.17, 15) is 4.79 Å². The second-order valence-electron chi connectivity index (χ2n) is 5.59. The second kappa shape index (κ2) is 7.44. The van der Waals surface area contributed by atoms with Crippen LogP contribution in [-0.4, -0.2) is 41.4 Å². The lowest BCUT2D eigenvalue weighted by Crippen LogP contribution is -2.41. The molecule has 0 aliphatic carbocycles. The predicted molar refractivity (Wildman–Crippen MR) is 82.4 cm³/mol. The fourth-order valence-electron chi connectivity index (χ4n) is 3.05. The van der Waals surface area contributed by atoms with Gasteiger partial charge in [-0.3, -0.25) is 9.69 Å². The molecule has 1 fully saturated rings. The van der Waals surface area contributed by atoms with Crippen molar-refractivity contribution in [3.63, 3.8) is 0 Å². The van der Waals surface area contributed by atoms with E-state index in [1.165, 1.54) is 5.56 Å². The van der Waals surface area contributed by atoms with Crippen LogP contribution in [0.3, 0.4) is 0 Å². The number of hydrogen-bond donors (Lipinski definition) is 0. The maximum Gasteiger partial charge on any atom is 0.222 e. The van der Waals surface area contributed by atoms with Crippen molar-refractivity contribution in [3.8, 4) is 0 Å². The van der Waals surface area contributed by atoms with Gasteiger partial charge in [-0.2, -0.15) is 0 Å². The van der Waals surface area contributed by atoms with Gasteiger partial charge in [-0.1, -0.05) is 37.3 Å². The molecule has 1 aromatic rings. The van der Waals surface area contributed by atoms with Gasteiger partial charge in [0.2, 0.25) is 5.91 Å². The fourth-order valence-corrected chi connectivity index (χ4v) is 3.05. The summed E-state index contributed by atoms with van der Waals surface area (Å²) < 4.78 is 0. The van der Waals surface area contributed by atoms with Gasteiger partial charge in [0, 0.05) is 38.6 Å². The number of hydrogen-bond acceptors (Lipinski definition) is 2. The molecule has 0 bridgehead atoms. The molecule has 1 aromatic carbocycles. The Bertz CT molecular complexity index is 418. The Kier molecular flexibility index (Phi) is 5.60. The molecular weight excluding hydrogens is 248 g/mol. The molecule has 1 atom stereocenters. The zero-order valence-corrected chi connectivity index (χ0v) is 12.7. The number of rotatable bonds is 6. The highest BCUT2D eigenvalue weighted by Gasteiger charge is 2.29. The van der Waals surface area contributed by atoms with Gasteiger partial charge in [0.05, 0.1) is 0 Å². The van der Waals surface area contributed by atoms with Crippen LogP contribution in [0.25, 0.3) is 0 Å². The summed E-state index contributed by atoms with van der Waals surface area (Å²) in [6, 6.07) is 11.0. The molecule has 1 aliphatic rings. The number of carbonyl (C=O) groups is 1. The molecule has 1 aliphatic heterocycles. The monoisotopic (exact) mass is 274 g/mol. The topological polar surface area (TPSA) is 23.6 Å². The molecule has 0 spiro atoms. The average Bonchev–Trinajstić information content (AvgIpc) is 2.89. The van der Waals surface area contributed by atoms with E-state index in [2.05, 4.69) is 54.0 Å². The van der Waals surface area contributed by atoms with Crippen molar-refractivity contribution in [2.24, 2.45) is 0 Å². The fraction of sp³-hybridized carbons (Fsp3) is 0.588. The number of amides is 1. The molecule has 0 saturated carbocycles. The van der Waals surface area contributed by atoms with E-state index in [1.54, 1.807) is 0 Å². The first-order valence-electron chi connectivity index (χ1n) is 7.80. The van der Waals surface area contributed by atoms with Crippen LogP contribution in [0.2, 0.25) is 0 Å². The Balaban J connectivity index is 1.89. The summed E-state index contributed by atoms with van der Waals surface area (Å²) in [7, 11) is 0. The van der Waals surface area contributed by atoms with Crippen LogP contribution in [-0.2, 0) is 11.3 Å². The lowest BCUT2D eigenvalue weighted by molar-refractivity contribution is -0.133. The first-order valence-corrected chi connectivity index (χ1v) is 7.80. The van der Waals surface area contributed by atoms with Gasteiger partial charge < -0.3 is 4.90 Å². The molecule has 1 unspecified atom stereocenters. The van der Waals surface area contributed by atoms with E-state index in [1.807, 2.05) is 0 Å². The minimum Gasteiger partial charge on any atom is -0.339 e. The minimum absolute atomic E-state index is 0.321. The SMILES string of the molecule is CCCC(=O)N(CC)C1CCN(Cc2ccccc2)C1. The molecule has 1 heterocycles. The zero-order chi connectivity index (χ0) is 14.4. The quantitative estimate of drug-likeness (QED) is 0.796. The molecule has 110 valence electrons. The van der Waals surface area contributed by atoms with Crippen molar-refractivity contribution in [1.82, 2.24) is 9.80 Å². The lowest BCUT2D eigenvalue weighted by atomic mass is 10.2. The van der Waals surface area contributed by atoms with Gasteiger partial charge in [0.15, 0.2) is 0 Å². The van der Waals surface area contributed by atoms with Crippen molar-refractivity contribution >= 4 is 5.91 Å². The summed E-state index contributed by atoms with van der Waals surface area (Å²) in [6.07, 6.45) is 2.73. The average molecular weight is 274 g/mol. The van der Waals surface area contributed by atoms with E-state index >= 15 is 0 Å². The van der Waals surface area contributed by atoms with Crippen LogP contribution in [0, 0.1) is 0 Å². The molecule has 0 radical (unpaired) electrons. The first-order chi connectivity index (χ1) is 9.74. The Morgan fingerprint density at radius 1 is 1.30 bits per heavy atom. The molecule has 1 amide bonds. The zero-order valence-electron chi connectivity index (χ0n) is 12.7. The van der Waals surface area contributed by atoms with E-state index in [0.717, 1.165) is 39.0 Å². The van der Waals surface area contributed by atoms with Crippen LogP contribution in [0.15, 0.2) is 30.3 Å². The summed E-state index contributed by atoms with van der Waals surface area (Å²) in [6.45, 7) is 8.10. The van der Waals surface area contributed by atoms with E-state index in [4.69, 9.17) is 0 Å². The first kappa shape index (κ1) is 15.0. The Hall–Kier alpha value is -1.35. The van der Waals surface area contributed by atoms with Crippen LogP contribution in [0.4, 0.5) is 0 Å². The van der Waals surface area contributed by atoms with Crippen LogP contribution in [0.5, 0.6) is 0 Å². The summed E-state index contributed by atoms with van der Waals surface area (Å²) in [5.41, 5.74) is 1.36. The lowest BCUT2D eigenvalue weighted by Gasteiger charge is -2.28. The molecule has 3 heteroatoms. The largest absolute Gasteiger partial charge is 0.339 e. The number of benzene rings is 1. The third-order valence-electron chi connectivity index (χ3n) is 4.06. The Morgan fingerprint density at radius 2 is 2.05 bits per heavy atom. The van der Waals surface area contributed by atoms with Gasteiger partial charge in [-0.05, 0) is 25.3 Å². The maximum absolute atomic E-state index is 12.1. The normalized spacial score (nSPS) is 19.2. The van der Waals surface area contributed by atoms with E-state index < -0.39 is 0 Å². The van der Waals surface area contributed by atoms with Crippen LogP contribution in [0.1, 0.15) is 38.7 Å². The van der Waals surface area contributed by atoms with Crippen molar-refractivity contribution in [2.75, 3.05) is 19.6 Å². The maximum atomic E-state index is 12.1. The summed E-state index contributed by atoms with van der Waals surface area (Å²) in [5, 5.41) is 0. The van der Waals surface area contributed by atoms with Gasteiger partial charge in [-0.25, -0.2) is 0 Å². The number of likely N-dealkylation sites (N-methyl/N-ethyl adjacent to an activating group) is 1. The standard InChI is InChI=1S/C17H26N2O/c1-3-8-17(20)19(4-2)16-11-12-18(14-16)13-15-9-6-5-7-10-15/h5-7,9-10,16H,3-4,8,11-14H2,1-2H3. The molecule has 20 heavy (non-hydrogen) atoms. The smallest absolute Gasteiger partial charge is 0.222 e. The van der Waals surface area contributed by atoms with Gasteiger partial charge >= 0.3 is 0 Å². The van der Waals surface area contributed by atoms with Crippen molar-refractivity contribution in [3.05, 3.63) is 35.9 Å². The highest BCUT2D eigenvalue weighted by Crippen LogP contribution is 2.19. The summed E-state index contributed by atoms with van der Waals surface area (Å²) >= 11 is 0. The molecule has 0 N–H and O–H groups in total. The molecular formula is C17H26N2O. The van der Waals surface area contributed by atoms with Crippen molar-refractivity contribution in [1.29, 1.82) is 0 Å². The third kappa shape index (κ3) is 3.83. The van der Waals surface area contributed by atoms with Crippen LogP contribution >= 0.6 is 0 Å². The van der Waals surface area contributed by atoms with E-state index in [-0.39, 0.29) is 0 Å². The highest BCUT2D eigenvalue weighted by molar-refractivity contribution is 5.76. The summed E-state index contributed by atoms with van der Waals surface area (Å²) in [4.78, 5) is 16.7. The highest BCUT2D eigenvalue weighted by atomic mass is 16.2. The van der Waals surface area contributed by atoms with Gasteiger partial charge in [0.25, 0.3) is 0 Å². The van der Waals surface area contributed by atoms with Crippen LogP contribution < -0.4 is 0 Å².